The maximum absolute atomic E-state index is 13.9. The van der Waals surface area contributed by atoms with Crippen LogP contribution in [0.2, 0.25) is 0 Å². The molecule has 2 aliphatic carbocycles. The first-order valence-corrected chi connectivity index (χ1v) is 8.66. The van der Waals surface area contributed by atoms with Crippen LogP contribution in [0.4, 0.5) is 4.39 Å². The fourth-order valence-corrected chi connectivity index (χ4v) is 2.82. The highest BCUT2D eigenvalue weighted by atomic mass is 19.1. The third-order valence-electron chi connectivity index (χ3n) is 4.46. The summed E-state index contributed by atoms with van der Waals surface area (Å²) in [6.07, 6.45) is 4.06. The molecule has 24 heavy (non-hydrogen) atoms. The smallest absolute Gasteiger partial charge is 0.278 e. The summed E-state index contributed by atoms with van der Waals surface area (Å²) >= 11 is 0. The predicted molar refractivity (Wildman–Crippen MR) is 87.8 cm³/mol. The van der Waals surface area contributed by atoms with Crippen molar-refractivity contribution in [3.8, 4) is 0 Å². The molecule has 5 nitrogen and oxygen atoms in total. The minimum absolute atomic E-state index is 0.00474. The fourth-order valence-electron chi connectivity index (χ4n) is 2.82. The third kappa shape index (κ3) is 4.77. The van der Waals surface area contributed by atoms with E-state index >= 15 is 0 Å². The minimum Gasteiger partial charge on any atom is -0.348 e. The van der Waals surface area contributed by atoms with E-state index in [9.17, 15) is 14.0 Å². The second-order valence-electron chi connectivity index (χ2n) is 7.00. The average Bonchev–Trinajstić information content (AvgIpc) is 3.40. The standard InChI is InChI=1S/C18H24FN3O2/c1-21(11-17(23)20-14-6-7-14)12-18(24)22(15-8-9-15)10-13-4-2-3-5-16(13)19/h2-5,14-15H,6-12H2,1H3,(H,20,23)/p+1. The highest BCUT2D eigenvalue weighted by Gasteiger charge is 2.34. The van der Waals surface area contributed by atoms with Gasteiger partial charge in [-0.15, -0.1) is 0 Å². The Balaban J connectivity index is 1.54. The molecular weight excluding hydrogens is 309 g/mol. The van der Waals surface area contributed by atoms with Crippen LogP contribution in [-0.4, -0.2) is 48.9 Å². The number of halogens is 1. The molecule has 0 radical (unpaired) electrons. The second-order valence-corrected chi connectivity index (χ2v) is 7.00. The molecule has 0 aromatic heterocycles. The summed E-state index contributed by atoms with van der Waals surface area (Å²) in [7, 11) is 1.85. The zero-order valence-electron chi connectivity index (χ0n) is 14.1. The highest BCUT2D eigenvalue weighted by Crippen LogP contribution is 2.28. The molecule has 0 saturated heterocycles. The summed E-state index contributed by atoms with van der Waals surface area (Å²) in [5.41, 5.74) is 0.543. The summed E-state index contributed by atoms with van der Waals surface area (Å²) in [6.45, 7) is 0.848. The van der Waals surface area contributed by atoms with Gasteiger partial charge in [-0.3, -0.25) is 9.59 Å². The lowest BCUT2D eigenvalue weighted by atomic mass is 10.2. The van der Waals surface area contributed by atoms with Crippen molar-refractivity contribution in [1.82, 2.24) is 10.2 Å². The van der Waals surface area contributed by atoms with Crippen molar-refractivity contribution in [2.45, 2.75) is 44.3 Å². The van der Waals surface area contributed by atoms with Crippen LogP contribution in [0.1, 0.15) is 31.2 Å². The maximum atomic E-state index is 13.9. The van der Waals surface area contributed by atoms with Gasteiger partial charge < -0.3 is 15.1 Å². The van der Waals surface area contributed by atoms with E-state index in [1.54, 1.807) is 23.1 Å². The maximum Gasteiger partial charge on any atom is 0.278 e. The number of likely N-dealkylation sites (N-methyl/N-ethyl adjacent to an activating group) is 1. The molecule has 2 aliphatic rings. The molecule has 6 heteroatoms. The number of hydrogen-bond acceptors (Lipinski definition) is 2. The predicted octanol–water partition coefficient (Wildman–Crippen LogP) is 0.110. The van der Waals surface area contributed by atoms with Crippen LogP contribution in [0.15, 0.2) is 24.3 Å². The van der Waals surface area contributed by atoms with Gasteiger partial charge in [-0.05, 0) is 31.7 Å². The van der Waals surface area contributed by atoms with Gasteiger partial charge in [0, 0.05) is 24.2 Å². The van der Waals surface area contributed by atoms with Crippen molar-refractivity contribution < 1.29 is 18.9 Å². The van der Waals surface area contributed by atoms with E-state index in [1.165, 1.54) is 6.07 Å². The van der Waals surface area contributed by atoms with Gasteiger partial charge >= 0.3 is 0 Å². The molecule has 0 heterocycles. The molecule has 2 saturated carbocycles. The Bertz CT molecular complexity index is 614. The molecule has 0 spiro atoms. The molecule has 2 amide bonds. The van der Waals surface area contributed by atoms with Gasteiger partial charge in [0.25, 0.3) is 11.8 Å². The van der Waals surface area contributed by atoms with Crippen LogP contribution in [0.3, 0.4) is 0 Å². The normalized spacial score (nSPS) is 18.1. The van der Waals surface area contributed by atoms with Crippen LogP contribution in [-0.2, 0) is 16.1 Å². The molecule has 0 bridgehead atoms. The molecule has 1 atom stereocenters. The van der Waals surface area contributed by atoms with Crippen molar-refractivity contribution in [2.75, 3.05) is 20.1 Å². The van der Waals surface area contributed by atoms with E-state index < -0.39 is 0 Å². The lowest BCUT2D eigenvalue weighted by Gasteiger charge is -2.24. The number of carbonyl (C=O) groups is 2. The topological polar surface area (TPSA) is 53.9 Å². The van der Waals surface area contributed by atoms with E-state index in [2.05, 4.69) is 5.32 Å². The number of nitrogens with zero attached hydrogens (tertiary/aromatic N) is 1. The zero-order valence-corrected chi connectivity index (χ0v) is 14.1. The first kappa shape index (κ1) is 16.9. The van der Waals surface area contributed by atoms with Crippen molar-refractivity contribution in [3.05, 3.63) is 35.6 Å². The quantitative estimate of drug-likeness (QED) is 0.709. The van der Waals surface area contributed by atoms with E-state index in [-0.39, 0.29) is 30.2 Å². The summed E-state index contributed by atoms with van der Waals surface area (Å²) < 4.78 is 13.9. The lowest BCUT2D eigenvalue weighted by molar-refractivity contribution is -0.863. The Morgan fingerprint density at radius 2 is 1.92 bits per heavy atom. The van der Waals surface area contributed by atoms with Crippen molar-refractivity contribution in [1.29, 1.82) is 0 Å². The van der Waals surface area contributed by atoms with Gasteiger partial charge in [0.15, 0.2) is 13.1 Å². The Morgan fingerprint density at radius 3 is 2.54 bits per heavy atom. The number of nitrogens with one attached hydrogen (secondary N) is 2. The van der Waals surface area contributed by atoms with Crippen molar-refractivity contribution in [2.24, 2.45) is 0 Å². The molecular formula is C18H25FN3O2+. The first-order valence-electron chi connectivity index (χ1n) is 8.66. The largest absolute Gasteiger partial charge is 0.348 e. The first-order chi connectivity index (χ1) is 11.5. The fraction of sp³-hybridized carbons (Fsp3) is 0.556. The lowest BCUT2D eigenvalue weighted by Crippen LogP contribution is -3.11. The average molecular weight is 334 g/mol. The van der Waals surface area contributed by atoms with Gasteiger partial charge in [-0.2, -0.15) is 0 Å². The highest BCUT2D eigenvalue weighted by molar-refractivity contribution is 5.79. The van der Waals surface area contributed by atoms with Gasteiger partial charge in [0.05, 0.1) is 7.05 Å². The van der Waals surface area contributed by atoms with Crippen LogP contribution in [0.25, 0.3) is 0 Å². The molecule has 1 unspecified atom stereocenters. The van der Waals surface area contributed by atoms with Gasteiger partial charge in [0.1, 0.15) is 5.82 Å². The van der Waals surface area contributed by atoms with E-state index in [4.69, 9.17) is 0 Å². The molecule has 1 aromatic carbocycles. The number of amides is 2. The molecule has 2 fully saturated rings. The molecule has 0 aliphatic heterocycles. The number of hydrogen-bond donors (Lipinski definition) is 2. The van der Waals surface area contributed by atoms with Crippen LogP contribution < -0.4 is 10.2 Å². The van der Waals surface area contributed by atoms with Crippen LogP contribution >= 0.6 is 0 Å². The van der Waals surface area contributed by atoms with E-state index in [0.29, 0.717) is 24.7 Å². The van der Waals surface area contributed by atoms with Gasteiger partial charge in [-0.1, -0.05) is 18.2 Å². The number of quaternary nitrogens is 1. The summed E-state index contributed by atoms with van der Waals surface area (Å²) in [5.74, 6) is -0.298. The SMILES string of the molecule is C[NH+](CC(=O)NC1CC1)CC(=O)N(Cc1ccccc1F)C1CC1. The Hall–Kier alpha value is -1.95. The number of rotatable bonds is 8. The summed E-state index contributed by atoms with van der Waals surface area (Å²) in [4.78, 5) is 27.1. The number of carbonyl (C=O) groups excluding carboxylic acids is 2. The van der Waals surface area contributed by atoms with Gasteiger partial charge in [-0.25, -0.2) is 4.39 Å². The van der Waals surface area contributed by atoms with Gasteiger partial charge in [0.2, 0.25) is 0 Å². The summed E-state index contributed by atoms with van der Waals surface area (Å²) in [6, 6.07) is 7.13. The van der Waals surface area contributed by atoms with Crippen LogP contribution in [0.5, 0.6) is 0 Å². The third-order valence-corrected chi connectivity index (χ3v) is 4.46. The van der Waals surface area contributed by atoms with E-state index in [0.717, 1.165) is 30.6 Å². The van der Waals surface area contributed by atoms with Crippen molar-refractivity contribution in [3.63, 3.8) is 0 Å². The monoisotopic (exact) mass is 334 g/mol. The molecule has 1 aromatic rings. The molecule has 3 rings (SSSR count). The molecule has 2 N–H and O–H groups in total. The van der Waals surface area contributed by atoms with Crippen LogP contribution in [0, 0.1) is 5.82 Å². The zero-order chi connectivity index (χ0) is 17.1. The Kier molecular flexibility index (Phi) is 5.14. The minimum atomic E-state index is -0.277. The Morgan fingerprint density at radius 1 is 1.21 bits per heavy atom. The second kappa shape index (κ2) is 7.30. The van der Waals surface area contributed by atoms with Crippen molar-refractivity contribution >= 4 is 11.8 Å². The molecule has 130 valence electrons. The summed E-state index contributed by atoms with van der Waals surface area (Å²) in [5, 5.41) is 2.94. The van der Waals surface area contributed by atoms with E-state index in [1.807, 2.05) is 7.05 Å². The number of benzene rings is 1. The Labute approximate surface area is 141 Å².